The van der Waals surface area contributed by atoms with Gasteiger partial charge in [0, 0.05) is 13.0 Å². The van der Waals surface area contributed by atoms with Gasteiger partial charge in [0.25, 0.3) is 0 Å². The molecule has 1 aliphatic rings. The van der Waals surface area contributed by atoms with E-state index in [0.29, 0.717) is 32.2 Å². The SMILES string of the molecule is C#CCCCNC(=O)NC1(C(=O)O)CCCC1. The summed E-state index contributed by atoms with van der Waals surface area (Å²) in [6.07, 6.45) is 9.06. The molecule has 1 saturated carbocycles. The van der Waals surface area contributed by atoms with E-state index in [0.717, 1.165) is 12.8 Å². The monoisotopic (exact) mass is 238 g/mol. The van der Waals surface area contributed by atoms with Crippen LogP contribution in [-0.2, 0) is 4.79 Å². The van der Waals surface area contributed by atoms with Gasteiger partial charge in [-0.05, 0) is 19.3 Å². The lowest BCUT2D eigenvalue weighted by Gasteiger charge is -2.25. The van der Waals surface area contributed by atoms with Gasteiger partial charge in [-0.25, -0.2) is 9.59 Å². The second-order valence-corrected chi connectivity index (χ2v) is 4.28. The molecule has 5 heteroatoms. The van der Waals surface area contributed by atoms with Crippen LogP contribution in [0.2, 0.25) is 0 Å². The summed E-state index contributed by atoms with van der Waals surface area (Å²) in [7, 11) is 0. The molecule has 0 saturated heterocycles. The summed E-state index contributed by atoms with van der Waals surface area (Å²) in [5.74, 6) is 1.52. The number of carbonyl (C=O) groups excluding carboxylic acids is 1. The highest BCUT2D eigenvalue weighted by Gasteiger charge is 2.42. The number of rotatable bonds is 5. The normalized spacial score (nSPS) is 17.1. The van der Waals surface area contributed by atoms with Crippen molar-refractivity contribution in [3.05, 3.63) is 0 Å². The van der Waals surface area contributed by atoms with Crippen LogP contribution in [0.1, 0.15) is 38.5 Å². The van der Waals surface area contributed by atoms with Gasteiger partial charge in [-0.3, -0.25) is 0 Å². The first kappa shape index (κ1) is 13.4. The highest BCUT2D eigenvalue weighted by atomic mass is 16.4. The molecule has 1 fully saturated rings. The fraction of sp³-hybridized carbons (Fsp3) is 0.667. The van der Waals surface area contributed by atoms with E-state index in [4.69, 9.17) is 11.5 Å². The second-order valence-electron chi connectivity index (χ2n) is 4.28. The lowest BCUT2D eigenvalue weighted by molar-refractivity contribution is -0.144. The van der Waals surface area contributed by atoms with Gasteiger partial charge in [0.1, 0.15) is 5.54 Å². The predicted molar refractivity (Wildman–Crippen MR) is 63.4 cm³/mol. The summed E-state index contributed by atoms with van der Waals surface area (Å²) in [5.41, 5.74) is -1.07. The van der Waals surface area contributed by atoms with Gasteiger partial charge in [-0.2, -0.15) is 0 Å². The molecule has 17 heavy (non-hydrogen) atoms. The molecule has 0 atom stereocenters. The quantitative estimate of drug-likeness (QED) is 0.495. The molecule has 0 unspecified atom stereocenters. The molecule has 2 amide bonds. The van der Waals surface area contributed by atoms with Crippen LogP contribution in [0.25, 0.3) is 0 Å². The molecule has 0 radical (unpaired) electrons. The summed E-state index contributed by atoms with van der Waals surface area (Å²) >= 11 is 0. The van der Waals surface area contributed by atoms with Crippen molar-refractivity contribution < 1.29 is 14.7 Å². The van der Waals surface area contributed by atoms with Crippen molar-refractivity contribution in [1.29, 1.82) is 0 Å². The number of amides is 2. The Morgan fingerprint density at radius 3 is 2.53 bits per heavy atom. The Labute approximate surface area is 101 Å². The first-order valence-corrected chi connectivity index (χ1v) is 5.83. The summed E-state index contributed by atoms with van der Waals surface area (Å²) < 4.78 is 0. The minimum atomic E-state index is -1.07. The molecule has 94 valence electrons. The molecule has 0 aliphatic heterocycles. The zero-order chi connectivity index (χ0) is 12.7. The number of hydrogen-bond acceptors (Lipinski definition) is 2. The fourth-order valence-electron chi connectivity index (χ4n) is 2.02. The topological polar surface area (TPSA) is 78.4 Å². The van der Waals surface area contributed by atoms with E-state index >= 15 is 0 Å². The minimum absolute atomic E-state index is 0.425. The zero-order valence-electron chi connectivity index (χ0n) is 9.79. The number of nitrogens with one attached hydrogen (secondary N) is 2. The molecule has 1 rings (SSSR count). The van der Waals surface area contributed by atoms with Crippen LogP contribution in [0.15, 0.2) is 0 Å². The third-order valence-electron chi connectivity index (χ3n) is 3.00. The maximum atomic E-state index is 11.5. The Morgan fingerprint density at radius 2 is 2.00 bits per heavy atom. The second kappa shape index (κ2) is 6.14. The molecule has 0 aromatic heterocycles. The molecular formula is C12H18N2O3. The number of carboxylic acid groups (broad SMARTS) is 1. The Balaban J connectivity index is 2.38. The summed E-state index contributed by atoms with van der Waals surface area (Å²) in [5, 5.41) is 14.3. The van der Waals surface area contributed by atoms with Crippen molar-refractivity contribution >= 4 is 12.0 Å². The van der Waals surface area contributed by atoms with E-state index in [9.17, 15) is 9.59 Å². The van der Waals surface area contributed by atoms with Crippen LogP contribution < -0.4 is 10.6 Å². The fourth-order valence-corrected chi connectivity index (χ4v) is 2.02. The van der Waals surface area contributed by atoms with Crippen LogP contribution in [-0.4, -0.2) is 29.2 Å². The van der Waals surface area contributed by atoms with Gasteiger partial charge in [-0.1, -0.05) is 12.8 Å². The molecular weight excluding hydrogens is 220 g/mol. The van der Waals surface area contributed by atoms with Gasteiger partial charge in [0.15, 0.2) is 0 Å². The lowest BCUT2D eigenvalue weighted by Crippen LogP contribution is -2.55. The van der Waals surface area contributed by atoms with Gasteiger partial charge in [-0.15, -0.1) is 12.3 Å². The molecule has 1 aliphatic carbocycles. The van der Waals surface area contributed by atoms with E-state index < -0.39 is 17.5 Å². The van der Waals surface area contributed by atoms with E-state index in [2.05, 4.69) is 16.6 Å². The smallest absolute Gasteiger partial charge is 0.329 e. The highest BCUT2D eigenvalue weighted by Crippen LogP contribution is 2.29. The maximum absolute atomic E-state index is 11.5. The molecule has 0 heterocycles. The number of terminal acetylenes is 1. The molecule has 3 N–H and O–H groups in total. The van der Waals surface area contributed by atoms with Crippen LogP contribution in [0.3, 0.4) is 0 Å². The number of urea groups is 1. The minimum Gasteiger partial charge on any atom is -0.480 e. The molecule has 0 spiro atoms. The van der Waals surface area contributed by atoms with E-state index in [1.165, 1.54) is 0 Å². The van der Waals surface area contributed by atoms with E-state index in [-0.39, 0.29) is 0 Å². The van der Waals surface area contributed by atoms with E-state index in [1.54, 1.807) is 0 Å². The molecule has 0 bridgehead atoms. The number of carboxylic acids is 1. The Bertz CT molecular complexity index is 327. The average molecular weight is 238 g/mol. The lowest BCUT2D eigenvalue weighted by atomic mass is 9.98. The molecule has 5 nitrogen and oxygen atoms in total. The van der Waals surface area contributed by atoms with Crippen LogP contribution in [0.4, 0.5) is 4.79 Å². The summed E-state index contributed by atoms with van der Waals surface area (Å²) in [6, 6.07) is -0.425. The third-order valence-corrected chi connectivity index (χ3v) is 3.00. The Morgan fingerprint density at radius 1 is 1.35 bits per heavy atom. The first-order chi connectivity index (χ1) is 8.10. The van der Waals surface area contributed by atoms with Crippen molar-refractivity contribution in [2.45, 2.75) is 44.1 Å². The number of hydrogen-bond donors (Lipinski definition) is 3. The summed E-state index contributed by atoms with van der Waals surface area (Å²) in [6.45, 7) is 0.464. The number of unbranched alkanes of at least 4 members (excludes halogenated alkanes) is 1. The zero-order valence-corrected chi connectivity index (χ0v) is 9.79. The van der Waals surface area contributed by atoms with Crippen molar-refractivity contribution in [2.75, 3.05) is 6.54 Å². The Hall–Kier alpha value is -1.70. The van der Waals surface area contributed by atoms with Crippen molar-refractivity contribution in [1.82, 2.24) is 10.6 Å². The van der Waals surface area contributed by atoms with Crippen molar-refractivity contribution in [2.24, 2.45) is 0 Å². The van der Waals surface area contributed by atoms with Crippen molar-refractivity contribution in [3.63, 3.8) is 0 Å². The Kier molecular flexibility index (Phi) is 4.83. The van der Waals surface area contributed by atoms with Crippen LogP contribution in [0.5, 0.6) is 0 Å². The van der Waals surface area contributed by atoms with Gasteiger partial charge >= 0.3 is 12.0 Å². The summed E-state index contributed by atoms with van der Waals surface area (Å²) in [4.78, 5) is 22.7. The predicted octanol–water partition coefficient (Wildman–Crippen LogP) is 1.10. The average Bonchev–Trinajstić information content (AvgIpc) is 2.74. The number of aliphatic carboxylic acids is 1. The highest BCUT2D eigenvalue weighted by molar-refractivity contribution is 5.86. The molecule has 0 aromatic carbocycles. The van der Waals surface area contributed by atoms with Crippen LogP contribution in [0, 0.1) is 12.3 Å². The first-order valence-electron chi connectivity index (χ1n) is 5.83. The number of carbonyl (C=O) groups is 2. The van der Waals surface area contributed by atoms with Gasteiger partial charge in [0.2, 0.25) is 0 Å². The van der Waals surface area contributed by atoms with E-state index in [1.807, 2.05) is 0 Å². The largest absolute Gasteiger partial charge is 0.480 e. The third kappa shape index (κ3) is 3.66. The van der Waals surface area contributed by atoms with Crippen LogP contribution >= 0.6 is 0 Å². The standard InChI is InChI=1S/C12H18N2O3/c1-2-3-6-9-13-11(17)14-12(10(15)16)7-4-5-8-12/h1H,3-9H2,(H,15,16)(H2,13,14,17). The van der Waals surface area contributed by atoms with Crippen molar-refractivity contribution in [3.8, 4) is 12.3 Å². The maximum Gasteiger partial charge on any atom is 0.329 e. The molecule has 0 aromatic rings. The van der Waals surface area contributed by atoms with Gasteiger partial charge < -0.3 is 15.7 Å². The van der Waals surface area contributed by atoms with Gasteiger partial charge in [0.05, 0.1) is 0 Å².